The van der Waals surface area contributed by atoms with Gasteiger partial charge in [0.25, 0.3) is 10.1 Å². The molecule has 7 nitrogen and oxygen atoms in total. The molecule has 46 heavy (non-hydrogen) atoms. The van der Waals surface area contributed by atoms with E-state index in [-0.39, 0.29) is 6.42 Å². The van der Waals surface area contributed by atoms with E-state index < -0.39 is 40.0 Å². The predicted octanol–water partition coefficient (Wildman–Crippen LogP) is 9.77. The van der Waals surface area contributed by atoms with Crippen molar-refractivity contribution < 1.29 is 28.0 Å². The summed E-state index contributed by atoms with van der Waals surface area (Å²) in [6.45, 7) is 4.44. The van der Waals surface area contributed by atoms with Crippen molar-refractivity contribution in [1.82, 2.24) is 5.32 Å². The maximum Gasteiger partial charge on any atom is 0.267 e. The van der Waals surface area contributed by atoms with E-state index in [0.717, 1.165) is 44.9 Å². The van der Waals surface area contributed by atoms with Gasteiger partial charge in [0.15, 0.2) is 0 Å². The van der Waals surface area contributed by atoms with Gasteiger partial charge in [0, 0.05) is 0 Å². The highest BCUT2D eigenvalue weighted by atomic mass is 32.2. The third-order valence-electron chi connectivity index (χ3n) is 8.73. The number of rotatable bonds is 34. The number of hydrogen-bond donors (Lipinski definition) is 4. The van der Waals surface area contributed by atoms with E-state index in [0.29, 0.717) is 6.42 Å². The summed E-state index contributed by atoms with van der Waals surface area (Å²) in [6, 6.07) is -1.23. The molecule has 3 unspecified atom stereocenters. The Kier molecular flexibility index (Phi) is 31.5. The average Bonchev–Trinajstić information content (AvgIpc) is 3.01. The number of nitrogens with one attached hydrogen (secondary N) is 1. The second-order valence-corrected chi connectivity index (χ2v) is 14.8. The zero-order valence-electron chi connectivity index (χ0n) is 29.8. The molecule has 0 aromatic carbocycles. The molecule has 0 rings (SSSR count). The van der Waals surface area contributed by atoms with Gasteiger partial charge in [-0.15, -0.1) is 0 Å². The maximum absolute atomic E-state index is 12.5. The fourth-order valence-corrected chi connectivity index (χ4v) is 6.48. The molecule has 4 N–H and O–H groups in total. The molecule has 0 heterocycles. The summed E-state index contributed by atoms with van der Waals surface area (Å²) >= 11 is 0. The third-order valence-corrected chi connectivity index (χ3v) is 9.51. The highest BCUT2D eigenvalue weighted by Gasteiger charge is 2.27. The van der Waals surface area contributed by atoms with Crippen molar-refractivity contribution in [3.63, 3.8) is 0 Å². The van der Waals surface area contributed by atoms with Crippen molar-refractivity contribution in [2.75, 3.05) is 5.75 Å². The van der Waals surface area contributed by atoms with Gasteiger partial charge in [-0.05, 0) is 44.9 Å². The summed E-state index contributed by atoms with van der Waals surface area (Å²) in [7, 11) is -4.43. The van der Waals surface area contributed by atoms with Crippen LogP contribution in [0.3, 0.4) is 0 Å². The van der Waals surface area contributed by atoms with Crippen molar-refractivity contribution in [2.24, 2.45) is 0 Å². The Bertz CT molecular complexity index is 844. The fourth-order valence-electron chi connectivity index (χ4n) is 5.74. The molecule has 0 aliphatic rings. The first-order valence-electron chi connectivity index (χ1n) is 19.1. The summed E-state index contributed by atoms with van der Waals surface area (Å²) in [5, 5.41) is 23.2. The quantitative estimate of drug-likeness (QED) is 0.0307. The Morgan fingerprint density at radius 1 is 0.587 bits per heavy atom. The van der Waals surface area contributed by atoms with Gasteiger partial charge in [-0.2, -0.15) is 8.42 Å². The van der Waals surface area contributed by atoms with Crippen LogP contribution < -0.4 is 5.32 Å². The molecule has 8 heteroatoms. The number of amides is 1. The molecule has 0 radical (unpaired) electrons. The molecule has 0 fully saturated rings. The average molecular weight is 672 g/mol. The second-order valence-electron chi connectivity index (χ2n) is 13.3. The number of hydrogen-bond acceptors (Lipinski definition) is 5. The molecule has 0 bridgehead atoms. The number of carbonyl (C=O) groups is 1. The zero-order chi connectivity index (χ0) is 34.1. The molecule has 0 saturated heterocycles. The Balaban J connectivity index is 3.94. The topological polar surface area (TPSA) is 124 Å². The van der Waals surface area contributed by atoms with Gasteiger partial charge in [-0.1, -0.05) is 167 Å². The van der Waals surface area contributed by atoms with E-state index in [4.69, 9.17) is 0 Å². The van der Waals surface area contributed by atoms with E-state index in [1.807, 2.05) is 0 Å². The Morgan fingerprint density at radius 2 is 0.957 bits per heavy atom. The van der Waals surface area contributed by atoms with Crippen LogP contribution in [0.2, 0.25) is 0 Å². The van der Waals surface area contributed by atoms with Crippen molar-refractivity contribution in [2.45, 2.75) is 205 Å². The van der Waals surface area contributed by atoms with Gasteiger partial charge >= 0.3 is 0 Å². The van der Waals surface area contributed by atoms with E-state index in [1.165, 1.54) is 122 Å². The molecule has 272 valence electrons. The van der Waals surface area contributed by atoms with Gasteiger partial charge in [0.1, 0.15) is 6.10 Å². The van der Waals surface area contributed by atoms with Crippen molar-refractivity contribution in [3.8, 4) is 0 Å². The molecule has 0 aromatic rings. The lowest BCUT2D eigenvalue weighted by Crippen LogP contribution is -2.50. The lowest BCUT2D eigenvalue weighted by Gasteiger charge is -2.22. The first-order chi connectivity index (χ1) is 22.2. The lowest BCUT2D eigenvalue weighted by atomic mass is 10.0. The highest BCUT2D eigenvalue weighted by molar-refractivity contribution is 7.85. The van der Waals surface area contributed by atoms with Crippen LogP contribution in [-0.4, -0.2) is 53.1 Å². The van der Waals surface area contributed by atoms with Crippen molar-refractivity contribution in [1.29, 1.82) is 0 Å². The van der Waals surface area contributed by atoms with E-state index in [1.54, 1.807) is 6.08 Å². The summed E-state index contributed by atoms with van der Waals surface area (Å²) in [4.78, 5) is 12.5. The van der Waals surface area contributed by atoms with E-state index in [2.05, 4.69) is 31.3 Å². The second kappa shape index (κ2) is 32.3. The molecule has 0 aliphatic heterocycles. The molecule has 3 atom stereocenters. The molecule has 0 saturated carbocycles. The minimum Gasteiger partial charge on any atom is -0.387 e. The van der Waals surface area contributed by atoms with Crippen LogP contribution in [0.1, 0.15) is 187 Å². The SMILES string of the molecule is CCCCCCCC/C=C/C(O)C(CS(=O)(=O)O)NC(=O)C(O)CCCCCCCC/C=C\CCCCCCCCCCCCC. The van der Waals surface area contributed by atoms with Crippen molar-refractivity contribution >= 4 is 16.0 Å². The van der Waals surface area contributed by atoms with Crippen LogP contribution in [0, 0.1) is 0 Å². The maximum atomic E-state index is 12.5. The van der Waals surface area contributed by atoms with Crippen LogP contribution in [0.5, 0.6) is 0 Å². The monoisotopic (exact) mass is 672 g/mol. The first kappa shape index (κ1) is 44.8. The summed E-state index contributed by atoms with van der Waals surface area (Å²) in [6.07, 6.45) is 36.9. The number of allylic oxidation sites excluding steroid dienone is 3. The number of unbranched alkanes of at least 4 members (excludes halogenated alkanes) is 23. The van der Waals surface area contributed by atoms with Gasteiger partial charge in [0.2, 0.25) is 5.91 Å². The summed E-state index contributed by atoms with van der Waals surface area (Å²) in [5.41, 5.74) is 0. The smallest absolute Gasteiger partial charge is 0.267 e. The van der Waals surface area contributed by atoms with Gasteiger partial charge in [-0.25, -0.2) is 0 Å². The number of aliphatic hydroxyl groups is 2. The zero-order valence-corrected chi connectivity index (χ0v) is 30.6. The number of carbonyl (C=O) groups excluding carboxylic acids is 1. The molecular formula is C38H73NO6S. The summed E-state index contributed by atoms with van der Waals surface area (Å²) < 4.78 is 32.3. The lowest BCUT2D eigenvalue weighted by molar-refractivity contribution is -0.130. The molecule has 0 aromatic heterocycles. The number of aliphatic hydroxyl groups excluding tert-OH is 2. The van der Waals surface area contributed by atoms with Crippen LogP contribution in [0.25, 0.3) is 0 Å². The van der Waals surface area contributed by atoms with Crippen molar-refractivity contribution in [3.05, 3.63) is 24.3 Å². The van der Waals surface area contributed by atoms with Crippen LogP contribution >= 0.6 is 0 Å². The third kappa shape index (κ3) is 31.4. The van der Waals surface area contributed by atoms with Crippen LogP contribution in [0.15, 0.2) is 24.3 Å². The predicted molar refractivity (Wildman–Crippen MR) is 195 cm³/mol. The minimum absolute atomic E-state index is 0.274. The van der Waals surface area contributed by atoms with Crippen LogP contribution in [0.4, 0.5) is 0 Å². The Hall–Kier alpha value is -1.22. The fraction of sp³-hybridized carbons (Fsp3) is 0.868. The molecule has 1 amide bonds. The van der Waals surface area contributed by atoms with Gasteiger partial charge in [0.05, 0.1) is 17.9 Å². The van der Waals surface area contributed by atoms with E-state index >= 15 is 0 Å². The molecule has 0 spiro atoms. The Morgan fingerprint density at radius 3 is 1.37 bits per heavy atom. The van der Waals surface area contributed by atoms with Crippen LogP contribution in [-0.2, 0) is 14.9 Å². The first-order valence-corrected chi connectivity index (χ1v) is 20.8. The van der Waals surface area contributed by atoms with Gasteiger partial charge < -0.3 is 15.5 Å². The normalized spacial score (nSPS) is 14.3. The summed E-state index contributed by atoms with van der Waals surface area (Å²) in [5.74, 6) is -1.54. The highest BCUT2D eigenvalue weighted by Crippen LogP contribution is 2.14. The molecular weight excluding hydrogens is 598 g/mol. The molecule has 0 aliphatic carbocycles. The Labute approximate surface area is 284 Å². The van der Waals surface area contributed by atoms with E-state index in [9.17, 15) is 28.0 Å². The standard InChI is InChI=1S/C38H73NO6S/c1-3-5-7-9-11-13-14-15-16-17-18-19-20-21-22-23-24-25-27-29-31-33-37(41)38(42)39-35(34-46(43,44)45)36(40)32-30-28-26-12-10-8-6-4-2/h20-21,30,32,35-37,40-41H,3-19,22-29,31,33-34H2,1-2H3,(H,39,42)(H,43,44,45)/b21-20-,32-30+. The van der Waals surface area contributed by atoms with Gasteiger partial charge in [-0.3, -0.25) is 9.35 Å². The largest absolute Gasteiger partial charge is 0.387 e. The minimum atomic E-state index is -4.43.